The minimum Gasteiger partial charge on any atom is -0.488 e. The van der Waals surface area contributed by atoms with Gasteiger partial charge in [-0.05, 0) is 36.6 Å². The Hall–Kier alpha value is -1.39. The van der Waals surface area contributed by atoms with E-state index in [0.29, 0.717) is 6.04 Å². The summed E-state index contributed by atoms with van der Waals surface area (Å²) < 4.78 is 18.9. The van der Waals surface area contributed by atoms with Crippen molar-refractivity contribution in [1.82, 2.24) is 5.32 Å². The monoisotopic (exact) mass is 277 g/mol. The Bertz CT molecular complexity index is 555. The van der Waals surface area contributed by atoms with E-state index < -0.39 is 0 Å². The molecule has 0 spiro atoms. The number of nitrogens with one attached hydrogen (secondary N) is 1. The lowest BCUT2D eigenvalue weighted by Gasteiger charge is -2.16. The summed E-state index contributed by atoms with van der Waals surface area (Å²) in [7, 11) is 0. The van der Waals surface area contributed by atoms with Gasteiger partial charge in [-0.15, -0.1) is 11.3 Å². The van der Waals surface area contributed by atoms with Crippen molar-refractivity contribution < 1.29 is 9.13 Å². The summed E-state index contributed by atoms with van der Waals surface area (Å²) in [6, 6.07) is 9.24. The molecule has 0 bridgehead atoms. The first-order valence-electron chi connectivity index (χ1n) is 6.44. The molecule has 0 aliphatic carbocycles. The van der Waals surface area contributed by atoms with E-state index in [9.17, 15) is 4.39 Å². The summed E-state index contributed by atoms with van der Waals surface area (Å²) in [6.45, 7) is 2.92. The number of fused-ring (bicyclic) bond motifs is 1. The molecule has 0 saturated carbocycles. The number of ether oxygens (including phenoxy) is 1. The summed E-state index contributed by atoms with van der Waals surface area (Å²) in [5, 5.41) is 5.55. The Morgan fingerprint density at radius 1 is 1.47 bits per heavy atom. The van der Waals surface area contributed by atoms with E-state index in [0.717, 1.165) is 24.3 Å². The lowest BCUT2D eigenvalue weighted by Crippen LogP contribution is -2.31. The third-order valence-electron chi connectivity index (χ3n) is 3.39. The highest BCUT2D eigenvalue weighted by Crippen LogP contribution is 2.29. The molecule has 1 aliphatic heterocycles. The fourth-order valence-corrected chi connectivity index (χ4v) is 3.11. The van der Waals surface area contributed by atoms with Crippen molar-refractivity contribution in [2.45, 2.75) is 25.5 Å². The highest BCUT2D eigenvalue weighted by molar-refractivity contribution is 7.10. The Morgan fingerprint density at radius 3 is 3.16 bits per heavy atom. The minimum atomic E-state index is -0.192. The van der Waals surface area contributed by atoms with Gasteiger partial charge in [0.25, 0.3) is 0 Å². The lowest BCUT2D eigenvalue weighted by molar-refractivity contribution is 0.223. The number of thiophene rings is 1. The van der Waals surface area contributed by atoms with Crippen LogP contribution in [0, 0.1) is 5.82 Å². The molecule has 19 heavy (non-hydrogen) atoms. The van der Waals surface area contributed by atoms with Gasteiger partial charge in [-0.2, -0.15) is 0 Å². The average Bonchev–Trinajstić information content (AvgIpc) is 3.04. The first-order valence-corrected chi connectivity index (χ1v) is 7.32. The van der Waals surface area contributed by atoms with E-state index in [-0.39, 0.29) is 11.9 Å². The molecule has 4 heteroatoms. The van der Waals surface area contributed by atoms with Crippen LogP contribution in [0.2, 0.25) is 0 Å². The smallest absolute Gasteiger partial charge is 0.123 e. The molecule has 100 valence electrons. The standard InChI is InChI=1S/C15H16FNOS/c1-10(15-3-2-6-19-15)17-9-13-8-11-7-12(16)4-5-14(11)18-13/h2-7,10,13,17H,8-9H2,1H3. The van der Waals surface area contributed by atoms with Crippen molar-refractivity contribution in [3.8, 4) is 5.75 Å². The van der Waals surface area contributed by atoms with Gasteiger partial charge in [-0.1, -0.05) is 6.07 Å². The van der Waals surface area contributed by atoms with Crippen LogP contribution in [0.4, 0.5) is 4.39 Å². The van der Waals surface area contributed by atoms with Gasteiger partial charge in [0.2, 0.25) is 0 Å². The maximum absolute atomic E-state index is 13.1. The number of hydrogen-bond acceptors (Lipinski definition) is 3. The van der Waals surface area contributed by atoms with Gasteiger partial charge in [-0.25, -0.2) is 4.39 Å². The molecule has 2 unspecified atom stereocenters. The van der Waals surface area contributed by atoms with E-state index in [1.165, 1.54) is 10.9 Å². The molecule has 2 heterocycles. The van der Waals surface area contributed by atoms with Crippen molar-refractivity contribution in [3.05, 3.63) is 52.0 Å². The summed E-state index contributed by atoms with van der Waals surface area (Å²) in [4.78, 5) is 1.32. The molecule has 0 amide bonds. The maximum Gasteiger partial charge on any atom is 0.123 e. The number of benzene rings is 1. The second kappa shape index (κ2) is 5.31. The minimum absolute atomic E-state index is 0.0965. The number of halogens is 1. The zero-order valence-electron chi connectivity index (χ0n) is 10.7. The van der Waals surface area contributed by atoms with Crippen LogP contribution in [0.25, 0.3) is 0 Å². The van der Waals surface area contributed by atoms with Crippen LogP contribution in [0.1, 0.15) is 23.4 Å². The van der Waals surface area contributed by atoms with Gasteiger partial charge in [-0.3, -0.25) is 0 Å². The predicted octanol–water partition coefficient (Wildman–Crippen LogP) is 3.54. The summed E-state index contributed by atoms with van der Waals surface area (Å²) in [5.74, 6) is 0.625. The first kappa shape index (κ1) is 12.6. The molecule has 2 nitrogen and oxygen atoms in total. The Morgan fingerprint density at radius 2 is 2.37 bits per heavy atom. The molecule has 2 atom stereocenters. The number of rotatable bonds is 4. The molecule has 1 N–H and O–H groups in total. The van der Waals surface area contributed by atoms with Crippen molar-refractivity contribution in [3.63, 3.8) is 0 Å². The predicted molar refractivity (Wildman–Crippen MR) is 75.3 cm³/mol. The summed E-state index contributed by atoms with van der Waals surface area (Å²) in [5.41, 5.74) is 0.968. The van der Waals surface area contributed by atoms with Gasteiger partial charge < -0.3 is 10.1 Å². The third-order valence-corrected chi connectivity index (χ3v) is 4.44. The molecule has 1 aromatic heterocycles. The largest absolute Gasteiger partial charge is 0.488 e. The second-order valence-corrected chi connectivity index (χ2v) is 5.82. The van der Waals surface area contributed by atoms with Crippen LogP contribution in [-0.4, -0.2) is 12.6 Å². The van der Waals surface area contributed by atoms with Crippen molar-refractivity contribution in [1.29, 1.82) is 0 Å². The molecule has 0 saturated heterocycles. The van der Waals surface area contributed by atoms with E-state index in [1.807, 2.05) is 0 Å². The van der Waals surface area contributed by atoms with Crippen LogP contribution in [0.5, 0.6) is 5.75 Å². The quantitative estimate of drug-likeness (QED) is 0.923. The molecule has 3 rings (SSSR count). The molecule has 0 radical (unpaired) electrons. The van der Waals surface area contributed by atoms with Crippen LogP contribution in [0.3, 0.4) is 0 Å². The van der Waals surface area contributed by atoms with E-state index in [1.54, 1.807) is 23.5 Å². The van der Waals surface area contributed by atoms with Crippen LogP contribution in [-0.2, 0) is 6.42 Å². The lowest BCUT2D eigenvalue weighted by atomic mass is 10.1. The Labute approximate surface area is 116 Å². The molecule has 0 fully saturated rings. The van der Waals surface area contributed by atoms with Gasteiger partial charge in [0, 0.05) is 29.4 Å². The Balaban J connectivity index is 1.56. The van der Waals surface area contributed by atoms with Crippen LogP contribution < -0.4 is 10.1 Å². The Kier molecular flexibility index (Phi) is 3.53. The average molecular weight is 277 g/mol. The molecule has 1 aromatic carbocycles. The zero-order valence-corrected chi connectivity index (χ0v) is 11.5. The topological polar surface area (TPSA) is 21.3 Å². The highest BCUT2D eigenvalue weighted by Gasteiger charge is 2.23. The first-order chi connectivity index (χ1) is 9.22. The van der Waals surface area contributed by atoms with Gasteiger partial charge in [0.1, 0.15) is 17.7 Å². The van der Waals surface area contributed by atoms with Crippen molar-refractivity contribution in [2.75, 3.05) is 6.54 Å². The van der Waals surface area contributed by atoms with Crippen LogP contribution >= 0.6 is 11.3 Å². The van der Waals surface area contributed by atoms with Gasteiger partial charge in [0.15, 0.2) is 0 Å². The molecular formula is C15H16FNOS. The van der Waals surface area contributed by atoms with Crippen molar-refractivity contribution in [2.24, 2.45) is 0 Å². The molecule has 1 aliphatic rings. The second-order valence-electron chi connectivity index (χ2n) is 4.84. The fraction of sp³-hybridized carbons (Fsp3) is 0.333. The van der Waals surface area contributed by atoms with E-state index in [4.69, 9.17) is 4.74 Å². The van der Waals surface area contributed by atoms with E-state index in [2.05, 4.69) is 29.8 Å². The maximum atomic E-state index is 13.1. The molecular weight excluding hydrogens is 261 g/mol. The SMILES string of the molecule is CC(NCC1Cc2cc(F)ccc2O1)c1cccs1. The van der Waals surface area contributed by atoms with Gasteiger partial charge >= 0.3 is 0 Å². The molecule has 2 aromatic rings. The summed E-state index contributed by atoms with van der Waals surface area (Å²) in [6.07, 6.45) is 0.872. The highest BCUT2D eigenvalue weighted by atomic mass is 32.1. The third kappa shape index (κ3) is 2.80. The van der Waals surface area contributed by atoms with E-state index >= 15 is 0 Å². The van der Waals surface area contributed by atoms with Crippen LogP contribution in [0.15, 0.2) is 35.7 Å². The zero-order chi connectivity index (χ0) is 13.2. The van der Waals surface area contributed by atoms with Gasteiger partial charge in [0.05, 0.1) is 0 Å². The van der Waals surface area contributed by atoms with Crippen molar-refractivity contribution >= 4 is 11.3 Å². The normalized spacial score (nSPS) is 18.9. The number of hydrogen-bond donors (Lipinski definition) is 1. The fourth-order valence-electron chi connectivity index (χ4n) is 2.35. The summed E-state index contributed by atoms with van der Waals surface area (Å²) >= 11 is 1.75.